The van der Waals surface area contributed by atoms with Crippen LogP contribution in [0.3, 0.4) is 0 Å². The van der Waals surface area contributed by atoms with E-state index in [1.54, 1.807) is 0 Å². The number of hydrogen-bond acceptors (Lipinski definition) is 6. The summed E-state index contributed by atoms with van der Waals surface area (Å²) in [6.45, 7) is 0.672. The monoisotopic (exact) mass is 610 g/mol. The Bertz CT molecular complexity index is 1500. The predicted octanol–water partition coefficient (Wildman–Crippen LogP) is 4.48. The van der Waals surface area contributed by atoms with Crippen LogP contribution in [0.15, 0.2) is 78.9 Å². The van der Waals surface area contributed by atoms with Gasteiger partial charge in [-0.1, -0.05) is 78.9 Å². The summed E-state index contributed by atoms with van der Waals surface area (Å²) in [7, 11) is 0. The van der Waals surface area contributed by atoms with Crippen molar-refractivity contribution in [2.24, 2.45) is 0 Å². The smallest absolute Gasteiger partial charge is 0.410 e. The number of hydrogen-bond donors (Lipinski definition) is 3. The topological polar surface area (TPSA) is 126 Å². The van der Waals surface area contributed by atoms with Crippen molar-refractivity contribution in [1.29, 1.82) is 0 Å². The number of fused-ring (bicyclic) bond motifs is 3. The van der Waals surface area contributed by atoms with Crippen molar-refractivity contribution in [2.45, 2.75) is 62.8 Å². The second kappa shape index (κ2) is 13.8. The van der Waals surface area contributed by atoms with E-state index >= 15 is 0 Å². The molecule has 1 saturated carbocycles. The first-order valence-electron chi connectivity index (χ1n) is 15.7. The molecule has 45 heavy (non-hydrogen) atoms. The van der Waals surface area contributed by atoms with Crippen LogP contribution in [0.4, 0.5) is 9.59 Å². The van der Waals surface area contributed by atoms with Gasteiger partial charge in [-0.05, 0) is 59.9 Å². The molecule has 1 saturated heterocycles. The molecule has 10 heteroatoms. The lowest BCUT2D eigenvalue weighted by atomic mass is 9.96. The molecule has 0 spiro atoms. The van der Waals surface area contributed by atoms with Crippen LogP contribution in [0.5, 0.6) is 0 Å². The number of esters is 1. The normalized spacial score (nSPS) is 17.8. The summed E-state index contributed by atoms with van der Waals surface area (Å²) in [6, 6.07) is 23.3. The maximum atomic E-state index is 13.5. The van der Waals surface area contributed by atoms with Crippen molar-refractivity contribution >= 4 is 24.0 Å². The van der Waals surface area contributed by atoms with Gasteiger partial charge in [-0.15, -0.1) is 0 Å². The summed E-state index contributed by atoms with van der Waals surface area (Å²) in [5.41, 5.74) is 5.41. The summed E-state index contributed by atoms with van der Waals surface area (Å²) >= 11 is 0. The van der Waals surface area contributed by atoms with Crippen LogP contribution in [0.1, 0.15) is 54.7 Å². The van der Waals surface area contributed by atoms with Gasteiger partial charge in [-0.3, -0.25) is 9.69 Å². The Balaban J connectivity index is 1.06. The Kier molecular flexibility index (Phi) is 9.28. The van der Waals surface area contributed by atoms with Crippen molar-refractivity contribution < 1.29 is 28.7 Å². The van der Waals surface area contributed by atoms with Crippen LogP contribution >= 0.6 is 0 Å². The number of urea groups is 1. The molecular formula is C35H38N4O6. The number of benzene rings is 3. The van der Waals surface area contributed by atoms with Crippen molar-refractivity contribution in [3.8, 4) is 11.1 Å². The van der Waals surface area contributed by atoms with Crippen molar-refractivity contribution in [3.63, 3.8) is 0 Å². The first-order valence-corrected chi connectivity index (χ1v) is 15.7. The Labute approximate surface area is 262 Å². The van der Waals surface area contributed by atoms with Gasteiger partial charge in [0.2, 0.25) is 5.91 Å². The molecule has 10 nitrogen and oxygen atoms in total. The second-order valence-electron chi connectivity index (χ2n) is 11.8. The fourth-order valence-electron chi connectivity index (χ4n) is 6.17. The largest absolute Gasteiger partial charge is 0.461 e. The summed E-state index contributed by atoms with van der Waals surface area (Å²) in [5, 5.41) is 8.17. The van der Waals surface area contributed by atoms with Crippen LogP contribution in [-0.2, 0) is 25.6 Å². The maximum Gasteiger partial charge on any atom is 0.410 e. The number of carbonyl (C=O) groups is 4. The predicted molar refractivity (Wildman–Crippen MR) is 167 cm³/mol. The van der Waals surface area contributed by atoms with Gasteiger partial charge in [0.25, 0.3) is 0 Å². The van der Waals surface area contributed by atoms with Gasteiger partial charge >= 0.3 is 18.1 Å². The third-order valence-electron chi connectivity index (χ3n) is 8.82. The summed E-state index contributed by atoms with van der Waals surface area (Å²) < 4.78 is 11.4. The first kappa shape index (κ1) is 30.2. The molecule has 1 heterocycles. The molecule has 1 aliphatic heterocycles. The highest BCUT2D eigenvalue weighted by atomic mass is 16.6. The molecule has 3 aromatic rings. The van der Waals surface area contributed by atoms with Crippen LogP contribution < -0.4 is 16.0 Å². The molecule has 0 unspecified atom stereocenters. The van der Waals surface area contributed by atoms with E-state index in [4.69, 9.17) is 9.47 Å². The average molecular weight is 611 g/mol. The van der Waals surface area contributed by atoms with Crippen LogP contribution in [0.25, 0.3) is 11.1 Å². The molecule has 3 N–H and O–H groups in total. The summed E-state index contributed by atoms with van der Waals surface area (Å²) in [5.74, 6) is -1.19. The molecular weight excluding hydrogens is 572 g/mol. The number of likely N-dealkylation sites (tertiary alicyclic amines) is 1. The Morgan fingerprint density at radius 2 is 1.47 bits per heavy atom. The molecule has 2 aliphatic carbocycles. The van der Waals surface area contributed by atoms with Gasteiger partial charge in [-0.25, -0.2) is 14.4 Å². The summed E-state index contributed by atoms with van der Waals surface area (Å²) in [6.07, 6.45) is 2.83. The standard InChI is InChI=1S/C35H38N4O6/c40-32(38-30(33(41)45-24-12-8-13-24)21-37-34(42)36-20-23-10-2-1-3-11-23)31-18-9-19-39(31)35(43)44-22-29-27-16-6-4-14-25(27)26-15-5-7-17-28(26)29/h1-7,10-11,14-17,24,29-31H,8-9,12-13,18-22H2,(H,38,40)(H2,36,37,42)/t30-,31-/m0/s1. The molecule has 3 aromatic carbocycles. The number of amides is 4. The van der Waals surface area contributed by atoms with Gasteiger partial charge in [0.1, 0.15) is 24.8 Å². The Morgan fingerprint density at radius 3 is 2.13 bits per heavy atom. The molecule has 4 amide bonds. The van der Waals surface area contributed by atoms with Crippen molar-refractivity contribution in [1.82, 2.24) is 20.9 Å². The van der Waals surface area contributed by atoms with E-state index in [0.29, 0.717) is 25.9 Å². The number of nitrogens with one attached hydrogen (secondary N) is 3. The molecule has 234 valence electrons. The molecule has 2 fully saturated rings. The minimum absolute atomic E-state index is 0.0963. The zero-order valence-electron chi connectivity index (χ0n) is 25.1. The fraction of sp³-hybridized carbons (Fsp3) is 0.371. The minimum Gasteiger partial charge on any atom is -0.461 e. The van der Waals surface area contributed by atoms with Crippen molar-refractivity contribution in [2.75, 3.05) is 19.7 Å². The highest BCUT2D eigenvalue weighted by Crippen LogP contribution is 2.44. The quantitative estimate of drug-likeness (QED) is 0.291. The average Bonchev–Trinajstić information content (AvgIpc) is 3.67. The molecule has 2 atom stereocenters. The SMILES string of the molecule is O=C(NCc1ccccc1)NC[C@H](NC(=O)[C@@H]1CCCN1C(=O)OCC1c2ccccc2-c2ccccc21)C(=O)OC1CCC1. The van der Waals surface area contributed by atoms with Gasteiger partial charge < -0.3 is 25.4 Å². The minimum atomic E-state index is -1.11. The van der Waals surface area contributed by atoms with Crippen LogP contribution in [0.2, 0.25) is 0 Å². The third-order valence-corrected chi connectivity index (χ3v) is 8.82. The number of ether oxygens (including phenoxy) is 2. The van der Waals surface area contributed by atoms with E-state index in [-0.39, 0.29) is 25.2 Å². The number of nitrogens with zero attached hydrogens (tertiary/aromatic N) is 1. The molecule has 0 aromatic heterocycles. The van der Waals surface area contributed by atoms with Crippen molar-refractivity contribution in [3.05, 3.63) is 95.6 Å². The van der Waals surface area contributed by atoms with E-state index in [1.807, 2.05) is 54.6 Å². The van der Waals surface area contributed by atoms with Crippen LogP contribution in [-0.4, -0.2) is 66.8 Å². The Morgan fingerprint density at radius 1 is 0.800 bits per heavy atom. The van der Waals surface area contributed by atoms with Crippen LogP contribution in [0, 0.1) is 0 Å². The molecule has 6 rings (SSSR count). The highest BCUT2D eigenvalue weighted by molar-refractivity contribution is 5.90. The lowest BCUT2D eigenvalue weighted by molar-refractivity contribution is -0.156. The Hall–Kier alpha value is -4.86. The fourth-order valence-corrected chi connectivity index (χ4v) is 6.17. The molecule has 0 radical (unpaired) electrons. The highest BCUT2D eigenvalue weighted by Gasteiger charge is 2.38. The van der Waals surface area contributed by atoms with E-state index in [2.05, 4.69) is 40.2 Å². The zero-order chi connectivity index (χ0) is 31.2. The second-order valence-corrected chi connectivity index (χ2v) is 11.8. The van der Waals surface area contributed by atoms with Gasteiger partial charge in [0.15, 0.2) is 0 Å². The zero-order valence-corrected chi connectivity index (χ0v) is 25.1. The van der Waals surface area contributed by atoms with Gasteiger partial charge in [-0.2, -0.15) is 0 Å². The molecule has 0 bridgehead atoms. The number of rotatable bonds is 10. The number of carbonyl (C=O) groups excluding carboxylic acids is 4. The third kappa shape index (κ3) is 6.95. The van der Waals surface area contributed by atoms with E-state index in [1.165, 1.54) is 4.90 Å². The summed E-state index contributed by atoms with van der Waals surface area (Å²) in [4.78, 5) is 53.8. The first-order chi connectivity index (χ1) is 22.0. The molecule has 3 aliphatic rings. The van der Waals surface area contributed by atoms with Gasteiger partial charge in [0.05, 0.1) is 6.54 Å². The lowest BCUT2D eigenvalue weighted by Gasteiger charge is -2.29. The van der Waals surface area contributed by atoms with E-state index in [0.717, 1.165) is 47.1 Å². The lowest BCUT2D eigenvalue weighted by Crippen LogP contribution is -2.55. The maximum absolute atomic E-state index is 13.5. The van der Waals surface area contributed by atoms with Gasteiger partial charge in [0, 0.05) is 19.0 Å². The van der Waals surface area contributed by atoms with E-state index in [9.17, 15) is 19.2 Å². The van der Waals surface area contributed by atoms with E-state index < -0.39 is 36.1 Å².